The van der Waals surface area contributed by atoms with Crippen molar-refractivity contribution in [3.63, 3.8) is 0 Å². The summed E-state index contributed by atoms with van der Waals surface area (Å²) in [5.74, 6) is 0. The van der Waals surface area contributed by atoms with Gasteiger partial charge in [-0.15, -0.1) is 29.0 Å². The van der Waals surface area contributed by atoms with E-state index in [4.69, 9.17) is 15.7 Å². The maximum atomic E-state index is 9.65. The molecule has 10 nitrogen and oxygen atoms in total. The van der Waals surface area contributed by atoms with E-state index in [0.717, 1.165) is 13.1 Å². The van der Waals surface area contributed by atoms with E-state index in [1.165, 1.54) is 39.5 Å². The molecule has 0 aromatic rings. The summed E-state index contributed by atoms with van der Waals surface area (Å²) in [5.41, 5.74) is 4.87. The molecule has 0 unspecified atom stereocenters. The molecule has 0 atom stereocenters. The van der Waals surface area contributed by atoms with Crippen LogP contribution in [0.3, 0.4) is 0 Å². The molecular weight excluding hydrogens is 399 g/mol. The third kappa shape index (κ3) is 26.4. The van der Waals surface area contributed by atoms with Crippen molar-refractivity contribution in [2.75, 3.05) is 13.1 Å². The van der Waals surface area contributed by atoms with Crippen molar-refractivity contribution in [1.82, 2.24) is 11.0 Å². The molecule has 0 aromatic heterocycles. The second-order valence-corrected chi connectivity index (χ2v) is 4.98. The van der Waals surface area contributed by atoms with Gasteiger partial charge in [0.2, 0.25) is 0 Å². The van der Waals surface area contributed by atoms with E-state index in [-0.39, 0.29) is 28.2 Å². The standard InChI is InChI=1S/C5H10N.2C4H8N2O2.C3H4N.Co/c1-2-4-6-5-3-1;2*1-3(5-7)4(2)6-8;1-2-3-4;/h1-5H2;2*5,7H,1-2H3;2H,1H3;/q-1;;;-1;+2. The number of hydrogen-bond donors (Lipinski definition) is 4. The number of nitriles is 1. The molecule has 1 radical (unpaired) electrons. The monoisotopic (exact) mass is 429 g/mol. The first-order chi connectivity index (χ1) is 12.4. The van der Waals surface area contributed by atoms with Crippen LogP contribution in [0.4, 0.5) is 0 Å². The normalized spacial score (nSPS) is 13.3. The number of allylic oxidation sites excluding steroid dienone is 4. The molecule has 1 aliphatic rings. The minimum Gasteiger partial charge on any atom is -0.662 e. The first-order valence-electron chi connectivity index (χ1n) is 7.98. The molecule has 0 aromatic carbocycles. The van der Waals surface area contributed by atoms with Crippen LogP contribution in [0.15, 0.2) is 33.1 Å². The molecule has 0 aliphatic carbocycles. The molecule has 11 heteroatoms. The van der Waals surface area contributed by atoms with E-state index in [1.54, 1.807) is 37.8 Å². The number of hydroxylamine groups is 2. The molecule has 0 amide bonds. The van der Waals surface area contributed by atoms with Crippen LogP contribution in [0, 0.1) is 27.6 Å². The maximum absolute atomic E-state index is 9.65. The van der Waals surface area contributed by atoms with Gasteiger partial charge in [-0.05, 0) is 38.0 Å². The zero-order chi connectivity index (χ0) is 20.8. The van der Waals surface area contributed by atoms with Crippen LogP contribution in [0.5, 0.6) is 0 Å². The SMILES string of the molecule is C1CC[N-]CC1.CC(N=O)=C(C)NO.CC(N=O)=C(C)NO.C[CH-]C#N.[Co+2]. The van der Waals surface area contributed by atoms with Gasteiger partial charge in [0.25, 0.3) is 0 Å². The Hall–Kier alpha value is -1.97. The first kappa shape index (κ1) is 32.7. The molecule has 0 spiro atoms. The van der Waals surface area contributed by atoms with E-state index in [1.807, 2.05) is 0 Å². The summed E-state index contributed by atoms with van der Waals surface area (Å²) < 4.78 is 0. The summed E-state index contributed by atoms with van der Waals surface area (Å²) in [7, 11) is 0. The van der Waals surface area contributed by atoms with Gasteiger partial charge in [-0.2, -0.15) is 6.92 Å². The Bertz CT molecular complexity index is 433. The largest absolute Gasteiger partial charge is 2.00 e. The summed E-state index contributed by atoms with van der Waals surface area (Å²) in [6, 6.07) is 1.81. The van der Waals surface area contributed by atoms with Crippen LogP contribution in [0.1, 0.15) is 53.9 Å². The van der Waals surface area contributed by atoms with Crippen LogP contribution in [-0.4, -0.2) is 23.5 Å². The summed E-state index contributed by atoms with van der Waals surface area (Å²) in [6.45, 7) is 10.1. The minimum absolute atomic E-state index is 0. The zero-order valence-electron chi connectivity index (χ0n) is 16.4. The van der Waals surface area contributed by atoms with E-state index in [9.17, 15) is 9.81 Å². The van der Waals surface area contributed by atoms with Gasteiger partial charge in [-0.3, -0.25) is 27.8 Å². The smallest absolute Gasteiger partial charge is 0.662 e. The van der Waals surface area contributed by atoms with E-state index in [0.29, 0.717) is 11.4 Å². The molecule has 157 valence electrons. The third-order valence-electron chi connectivity index (χ3n) is 2.96. The molecule has 0 bridgehead atoms. The van der Waals surface area contributed by atoms with Crippen LogP contribution < -0.4 is 11.0 Å². The average Bonchev–Trinajstić information content (AvgIpc) is 2.73. The number of rotatable bonds is 4. The predicted octanol–water partition coefficient (Wildman–Crippen LogP) is 4.24. The van der Waals surface area contributed by atoms with Crippen molar-refractivity contribution in [3.8, 4) is 6.07 Å². The fourth-order valence-corrected chi connectivity index (χ4v) is 1.03. The molecule has 1 rings (SSSR count). The summed E-state index contributed by atoms with van der Waals surface area (Å²) in [4.78, 5) is 19.3. The Morgan fingerprint density at radius 3 is 1.37 bits per heavy atom. The molecule has 1 heterocycles. The molecule has 27 heavy (non-hydrogen) atoms. The minimum atomic E-state index is 0. The van der Waals surface area contributed by atoms with Crippen molar-refractivity contribution in [2.24, 2.45) is 10.4 Å². The van der Waals surface area contributed by atoms with Crippen molar-refractivity contribution in [2.45, 2.75) is 53.9 Å². The Morgan fingerprint density at radius 2 is 1.30 bits per heavy atom. The second-order valence-electron chi connectivity index (χ2n) is 4.98. The van der Waals surface area contributed by atoms with Gasteiger partial charge in [0.05, 0.1) is 11.4 Å². The number of hydrogen-bond acceptors (Lipinski definition) is 9. The summed E-state index contributed by atoms with van der Waals surface area (Å²) in [5, 5.41) is 33.1. The summed E-state index contributed by atoms with van der Waals surface area (Å²) in [6.07, 6.45) is 5.50. The van der Waals surface area contributed by atoms with Crippen molar-refractivity contribution < 1.29 is 27.2 Å². The number of piperidine rings is 1. The molecule has 1 fully saturated rings. The Morgan fingerprint density at radius 1 is 0.963 bits per heavy atom. The Balaban J connectivity index is -0.000000133. The Kier molecular flexibility index (Phi) is 31.8. The quantitative estimate of drug-likeness (QED) is 0.295. The molecule has 0 saturated carbocycles. The molecule has 1 aliphatic heterocycles. The van der Waals surface area contributed by atoms with Gasteiger partial charge in [-0.1, -0.05) is 19.3 Å². The number of nitrogens with zero attached hydrogens (tertiary/aromatic N) is 4. The van der Waals surface area contributed by atoms with Gasteiger partial charge in [-0.25, -0.2) is 5.26 Å². The number of nitrogens with one attached hydrogen (secondary N) is 2. The van der Waals surface area contributed by atoms with Crippen molar-refractivity contribution in [1.29, 1.82) is 5.26 Å². The van der Waals surface area contributed by atoms with Crippen LogP contribution in [-0.2, 0) is 16.8 Å². The van der Waals surface area contributed by atoms with Crippen molar-refractivity contribution >= 4 is 0 Å². The van der Waals surface area contributed by atoms with Gasteiger partial charge in [0, 0.05) is 0 Å². The zero-order valence-corrected chi connectivity index (χ0v) is 17.5. The van der Waals surface area contributed by atoms with Gasteiger partial charge >= 0.3 is 16.8 Å². The van der Waals surface area contributed by atoms with Crippen LogP contribution >= 0.6 is 0 Å². The third-order valence-corrected chi connectivity index (χ3v) is 2.96. The average molecular weight is 429 g/mol. The van der Waals surface area contributed by atoms with E-state index in [2.05, 4.69) is 15.7 Å². The molecular formula is C16H30CoN6O4. The first-order valence-corrected chi connectivity index (χ1v) is 7.98. The fourth-order valence-electron chi connectivity index (χ4n) is 1.03. The Labute approximate surface area is 171 Å². The summed E-state index contributed by atoms with van der Waals surface area (Å²) >= 11 is 0. The van der Waals surface area contributed by atoms with Crippen LogP contribution in [0.25, 0.3) is 5.32 Å². The fraction of sp³-hybridized carbons (Fsp3) is 0.625. The van der Waals surface area contributed by atoms with Crippen molar-refractivity contribution in [3.05, 3.63) is 44.3 Å². The molecule has 4 N–H and O–H groups in total. The van der Waals surface area contributed by atoms with Gasteiger partial charge < -0.3 is 5.32 Å². The topological polar surface area (TPSA) is 161 Å². The van der Waals surface area contributed by atoms with E-state index >= 15 is 0 Å². The van der Waals surface area contributed by atoms with Gasteiger partial charge in [0.15, 0.2) is 0 Å². The van der Waals surface area contributed by atoms with Gasteiger partial charge in [0.1, 0.15) is 11.4 Å². The van der Waals surface area contributed by atoms with E-state index < -0.39 is 0 Å². The second kappa shape index (κ2) is 26.3. The maximum Gasteiger partial charge on any atom is 2.00 e. The number of nitroso groups, excluding NO2 is 2. The predicted molar refractivity (Wildman–Crippen MR) is 101 cm³/mol. The van der Waals surface area contributed by atoms with Crippen LogP contribution in [0.2, 0.25) is 0 Å². The molecule has 1 saturated heterocycles.